The van der Waals surface area contributed by atoms with Crippen LogP contribution in [0.5, 0.6) is 0 Å². The number of alkyl halides is 1. The fraction of sp³-hybridized carbons (Fsp3) is 1.00. The summed E-state index contributed by atoms with van der Waals surface area (Å²) in [6, 6.07) is 0. The number of unbranched alkanes of at least 4 members (excludes halogenated alkanes) is 9. The van der Waals surface area contributed by atoms with E-state index in [1.54, 1.807) is 0 Å². The van der Waals surface area contributed by atoms with Gasteiger partial charge in [-0.1, -0.05) is 68.3 Å². The predicted molar refractivity (Wildman–Crippen MR) is 101 cm³/mol. The Morgan fingerprint density at radius 3 is 1.32 bits per heavy atom. The zero-order chi connectivity index (χ0) is 15.8. The zero-order valence-electron chi connectivity index (χ0n) is 15.5. The Morgan fingerprint density at radius 1 is 0.591 bits per heavy atom. The Kier molecular flexibility index (Phi) is 21.4. The molecule has 0 amide bonds. The van der Waals surface area contributed by atoms with Gasteiger partial charge in [-0.3, -0.25) is 0 Å². The first-order valence-corrected chi connectivity index (χ1v) is 10.7. The Balaban J connectivity index is 0. The van der Waals surface area contributed by atoms with E-state index in [1.165, 1.54) is 106 Å². The van der Waals surface area contributed by atoms with Crippen LogP contribution in [-0.4, -0.2) is 36.5 Å². The fourth-order valence-electron chi connectivity index (χ4n) is 3.12. The van der Waals surface area contributed by atoms with E-state index in [2.05, 4.69) is 36.8 Å². The van der Waals surface area contributed by atoms with Crippen molar-refractivity contribution in [1.29, 1.82) is 0 Å². The third-order valence-corrected chi connectivity index (χ3v) is 5.25. The number of nitrogens with zero attached hydrogens (tertiary/aromatic N) is 1. The maximum atomic E-state index is 3.57. The molecule has 0 saturated heterocycles. The van der Waals surface area contributed by atoms with Gasteiger partial charge in [0.15, 0.2) is 0 Å². The summed E-state index contributed by atoms with van der Waals surface area (Å²) in [6.07, 6.45) is 16.9. The molecular weight excluding hydrogens is 449 g/mol. The highest BCUT2D eigenvalue weighted by molar-refractivity contribution is 9.09. The predicted octanol–water partition coefficient (Wildman–Crippen LogP) is 3.55. The highest BCUT2D eigenvalue weighted by Crippen LogP contribution is 2.14. The van der Waals surface area contributed by atoms with Gasteiger partial charge in [0.1, 0.15) is 0 Å². The van der Waals surface area contributed by atoms with Gasteiger partial charge in [0.25, 0.3) is 0 Å². The van der Waals surface area contributed by atoms with Crippen LogP contribution in [0.3, 0.4) is 0 Å². The maximum Gasteiger partial charge on any atom is 0.0784 e. The van der Waals surface area contributed by atoms with Gasteiger partial charge in [0.2, 0.25) is 0 Å². The number of halogens is 2. The average Bonchev–Trinajstić information content (AvgIpc) is 2.47. The summed E-state index contributed by atoms with van der Waals surface area (Å²) in [7, 11) is 2.51. The molecule has 0 bridgehead atoms. The van der Waals surface area contributed by atoms with E-state index in [-0.39, 0.29) is 24.0 Å². The van der Waals surface area contributed by atoms with Gasteiger partial charge in [-0.2, -0.15) is 0 Å². The minimum Gasteiger partial charge on any atom is -1.00 e. The summed E-state index contributed by atoms with van der Waals surface area (Å²) in [4.78, 5) is 0. The molecular formula is C19H41BrIN. The molecule has 0 aromatic rings. The van der Waals surface area contributed by atoms with Crippen LogP contribution in [-0.2, 0) is 0 Å². The van der Waals surface area contributed by atoms with E-state index >= 15 is 0 Å². The molecule has 136 valence electrons. The summed E-state index contributed by atoms with van der Waals surface area (Å²) in [5, 5.41) is 1.17. The minimum atomic E-state index is 0. The molecule has 0 atom stereocenters. The van der Waals surface area contributed by atoms with E-state index in [1.807, 2.05) is 0 Å². The average molecular weight is 490 g/mol. The van der Waals surface area contributed by atoms with E-state index in [4.69, 9.17) is 0 Å². The molecule has 0 unspecified atom stereocenters. The normalized spacial score (nSPS) is 11.5. The van der Waals surface area contributed by atoms with E-state index in [0.29, 0.717) is 0 Å². The number of rotatable bonds is 16. The summed E-state index contributed by atoms with van der Waals surface area (Å²) >= 11 is 3.57. The van der Waals surface area contributed by atoms with Crippen LogP contribution in [0.25, 0.3) is 0 Å². The molecule has 0 radical (unpaired) electrons. The van der Waals surface area contributed by atoms with Gasteiger partial charge < -0.3 is 28.5 Å². The van der Waals surface area contributed by atoms with E-state index in [9.17, 15) is 0 Å². The standard InChI is InChI=1S/C19H41BrN.HI/c1-4-6-8-10-13-17-21(3,19-15-12-16-20)18-14-11-9-7-5-2;/h4-19H2,1-3H3;1H/q+1;/p-1. The molecule has 0 fully saturated rings. The third-order valence-electron chi connectivity index (χ3n) is 4.68. The van der Waals surface area contributed by atoms with Crippen LogP contribution in [0.4, 0.5) is 0 Å². The first-order valence-electron chi connectivity index (χ1n) is 9.58. The molecule has 0 aromatic carbocycles. The molecule has 0 N–H and O–H groups in total. The second kappa shape index (κ2) is 18.5. The molecule has 22 heavy (non-hydrogen) atoms. The quantitative estimate of drug-likeness (QED) is 0.134. The lowest BCUT2D eigenvalue weighted by molar-refractivity contribution is -0.910. The molecule has 0 aliphatic carbocycles. The highest BCUT2D eigenvalue weighted by atomic mass is 127. The lowest BCUT2D eigenvalue weighted by Crippen LogP contribution is -3.00. The van der Waals surface area contributed by atoms with Crippen molar-refractivity contribution in [1.82, 2.24) is 0 Å². The number of quaternary nitrogens is 1. The van der Waals surface area contributed by atoms with Gasteiger partial charge in [-0.15, -0.1) is 0 Å². The molecule has 0 spiro atoms. The molecule has 0 aliphatic rings. The smallest absolute Gasteiger partial charge is 0.0784 e. The van der Waals surface area contributed by atoms with Gasteiger partial charge in [0.05, 0.1) is 26.7 Å². The Hall–Kier alpha value is 1.17. The summed E-state index contributed by atoms with van der Waals surface area (Å²) < 4.78 is 1.32. The SMILES string of the molecule is CCCCCCC[N+](C)(CCCCBr)CCCCCCC.[I-]. The van der Waals surface area contributed by atoms with Crippen molar-refractivity contribution in [3.8, 4) is 0 Å². The Labute approximate surface area is 166 Å². The molecule has 0 saturated carbocycles. The zero-order valence-corrected chi connectivity index (χ0v) is 19.3. The largest absolute Gasteiger partial charge is 1.00 e. The molecule has 1 nitrogen and oxygen atoms in total. The van der Waals surface area contributed by atoms with Crippen LogP contribution >= 0.6 is 15.9 Å². The second-order valence-electron chi connectivity index (χ2n) is 7.01. The molecule has 0 aliphatic heterocycles. The van der Waals surface area contributed by atoms with Crippen LogP contribution < -0.4 is 24.0 Å². The highest BCUT2D eigenvalue weighted by Gasteiger charge is 2.19. The lowest BCUT2D eigenvalue weighted by atomic mass is 10.1. The van der Waals surface area contributed by atoms with Crippen molar-refractivity contribution in [2.24, 2.45) is 0 Å². The molecule has 3 heteroatoms. The van der Waals surface area contributed by atoms with Crippen molar-refractivity contribution >= 4 is 15.9 Å². The summed E-state index contributed by atoms with van der Waals surface area (Å²) in [5.74, 6) is 0. The van der Waals surface area contributed by atoms with Crippen molar-refractivity contribution < 1.29 is 28.5 Å². The fourth-order valence-corrected chi connectivity index (χ4v) is 3.51. The first-order chi connectivity index (χ1) is 10.2. The van der Waals surface area contributed by atoms with E-state index in [0.717, 1.165) is 0 Å². The van der Waals surface area contributed by atoms with Gasteiger partial charge >= 0.3 is 0 Å². The number of hydrogen-bond donors (Lipinski definition) is 0. The van der Waals surface area contributed by atoms with Crippen molar-refractivity contribution in [3.05, 3.63) is 0 Å². The lowest BCUT2D eigenvalue weighted by Gasteiger charge is -2.35. The summed E-state index contributed by atoms with van der Waals surface area (Å²) in [5.41, 5.74) is 0. The topological polar surface area (TPSA) is 0 Å². The van der Waals surface area contributed by atoms with Gasteiger partial charge in [0, 0.05) is 5.33 Å². The van der Waals surface area contributed by atoms with Gasteiger partial charge in [-0.05, 0) is 38.5 Å². The van der Waals surface area contributed by atoms with Crippen molar-refractivity contribution in [3.63, 3.8) is 0 Å². The van der Waals surface area contributed by atoms with Crippen molar-refractivity contribution in [2.75, 3.05) is 32.0 Å². The molecule has 0 aromatic heterocycles. The summed E-state index contributed by atoms with van der Waals surface area (Å²) in [6.45, 7) is 8.79. The Morgan fingerprint density at radius 2 is 0.955 bits per heavy atom. The third kappa shape index (κ3) is 16.0. The maximum absolute atomic E-state index is 3.57. The van der Waals surface area contributed by atoms with Gasteiger partial charge in [-0.25, -0.2) is 0 Å². The first kappa shape index (κ1) is 25.4. The number of hydrogen-bond acceptors (Lipinski definition) is 0. The van der Waals surface area contributed by atoms with Crippen LogP contribution in [0.1, 0.15) is 90.9 Å². The molecule has 0 rings (SSSR count). The molecule has 0 heterocycles. The van der Waals surface area contributed by atoms with Crippen LogP contribution in [0, 0.1) is 0 Å². The Bertz CT molecular complexity index is 198. The second-order valence-corrected chi connectivity index (χ2v) is 7.81. The van der Waals surface area contributed by atoms with Crippen LogP contribution in [0.2, 0.25) is 0 Å². The van der Waals surface area contributed by atoms with Crippen molar-refractivity contribution in [2.45, 2.75) is 90.9 Å². The van der Waals surface area contributed by atoms with Crippen LogP contribution in [0.15, 0.2) is 0 Å². The monoisotopic (exact) mass is 489 g/mol. The van der Waals surface area contributed by atoms with E-state index < -0.39 is 0 Å². The minimum absolute atomic E-state index is 0.